The molecule has 4 heteroatoms. The van der Waals surface area contributed by atoms with Gasteiger partial charge in [0.15, 0.2) is 12.4 Å². The molecule has 0 bridgehead atoms. The molecule has 1 N–H and O–H groups in total. The molecule has 1 aromatic carbocycles. The number of nitrogens with zero attached hydrogens (tertiary/aromatic N) is 1. The van der Waals surface area contributed by atoms with Gasteiger partial charge in [-0.15, -0.1) is 0 Å². The quantitative estimate of drug-likeness (QED) is 0.655. The van der Waals surface area contributed by atoms with Gasteiger partial charge in [0.1, 0.15) is 5.56 Å². The molecule has 96 valence electrons. The van der Waals surface area contributed by atoms with E-state index >= 15 is 0 Å². The van der Waals surface area contributed by atoms with E-state index in [1.165, 1.54) is 23.5 Å². The second-order valence-corrected chi connectivity index (χ2v) is 4.72. The number of amides is 1. The Hall–Kier alpha value is -2.36. The third-order valence-corrected chi connectivity index (χ3v) is 3.48. The van der Waals surface area contributed by atoms with Crippen molar-refractivity contribution in [2.45, 2.75) is 18.9 Å². The van der Waals surface area contributed by atoms with Crippen molar-refractivity contribution in [1.82, 2.24) is 5.32 Å². The molecular formula is C15H14N2O2. The largest absolute Gasteiger partial charge is 0.619 e. The Bertz CT molecular complexity index is 625. The topological polar surface area (TPSA) is 56.0 Å². The van der Waals surface area contributed by atoms with Gasteiger partial charge in [-0.2, -0.15) is 4.73 Å². The summed E-state index contributed by atoms with van der Waals surface area (Å²) in [7, 11) is 0. The van der Waals surface area contributed by atoms with Crippen LogP contribution >= 0.6 is 0 Å². The van der Waals surface area contributed by atoms with Crippen molar-refractivity contribution in [2.75, 3.05) is 0 Å². The molecule has 4 nitrogen and oxygen atoms in total. The maximum Gasteiger partial charge on any atom is 0.257 e. The number of nitrogens with one attached hydrogen (secondary N) is 1. The van der Waals surface area contributed by atoms with E-state index < -0.39 is 0 Å². The van der Waals surface area contributed by atoms with Gasteiger partial charge in [0.2, 0.25) is 0 Å². The smallest absolute Gasteiger partial charge is 0.257 e. The Labute approximate surface area is 111 Å². The number of hydrogen-bond donors (Lipinski definition) is 1. The zero-order valence-corrected chi connectivity index (χ0v) is 10.4. The van der Waals surface area contributed by atoms with Crippen LogP contribution in [-0.2, 0) is 6.42 Å². The molecule has 1 heterocycles. The molecule has 1 aliphatic rings. The van der Waals surface area contributed by atoms with Crippen LogP contribution in [0.15, 0.2) is 48.8 Å². The lowest BCUT2D eigenvalue weighted by Crippen LogP contribution is -2.31. The van der Waals surface area contributed by atoms with E-state index in [-0.39, 0.29) is 11.9 Å². The van der Waals surface area contributed by atoms with Crippen LogP contribution in [-0.4, -0.2) is 5.91 Å². The molecule has 0 fully saturated rings. The molecule has 1 amide bonds. The number of pyridine rings is 1. The average Bonchev–Trinajstić information content (AvgIpc) is 2.82. The van der Waals surface area contributed by atoms with Crippen LogP contribution in [0.3, 0.4) is 0 Å². The molecule has 3 rings (SSSR count). The summed E-state index contributed by atoms with van der Waals surface area (Å²) in [5, 5.41) is 14.2. The molecule has 2 aromatic rings. The lowest BCUT2D eigenvalue weighted by molar-refractivity contribution is -0.605. The Balaban J connectivity index is 1.78. The highest BCUT2D eigenvalue weighted by Gasteiger charge is 2.24. The molecule has 0 spiro atoms. The summed E-state index contributed by atoms with van der Waals surface area (Å²) in [5.74, 6) is -0.202. The lowest BCUT2D eigenvalue weighted by atomic mass is 10.1. The fourth-order valence-electron chi connectivity index (χ4n) is 2.54. The molecular weight excluding hydrogens is 240 g/mol. The zero-order valence-electron chi connectivity index (χ0n) is 10.4. The highest BCUT2D eigenvalue weighted by molar-refractivity contribution is 5.93. The number of hydrogen-bond acceptors (Lipinski definition) is 2. The minimum Gasteiger partial charge on any atom is -0.619 e. The Morgan fingerprint density at radius 2 is 2.11 bits per heavy atom. The van der Waals surface area contributed by atoms with Gasteiger partial charge in [-0.05, 0) is 30.0 Å². The third kappa shape index (κ3) is 2.29. The van der Waals surface area contributed by atoms with Crippen LogP contribution in [0.5, 0.6) is 0 Å². The van der Waals surface area contributed by atoms with Gasteiger partial charge in [-0.1, -0.05) is 24.3 Å². The van der Waals surface area contributed by atoms with E-state index in [4.69, 9.17) is 0 Å². The molecule has 0 saturated carbocycles. The summed E-state index contributed by atoms with van der Waals surface area (Å²) < 4.78 is 0.636. The highest BCUT2D eigenvalue weighted by Crippen LogP contribution is 2.30. The molecule has 1 unspecified atom stereocenters. The van der Waals surface area contributed by atoms with Crippen LogP contribution in [0.1, 0.15) is 33.9 Å². The summed E-state index contributed by atoms with van der Waals surface area (Å²) >= 11 is 0. The van der Waals surface area contributed by atoms with Crippen molar-refractivity contribution in [1.29, 1.82) is 0 Å². The minimum absolute atomic E-state index is 0.0454. The molecule has 19 heavy (non-hydrogen) atoms. The first-order valence-corrected chi connectivity index (χ1v) is 6.31. The predicted molar refractivity (Wildman–Crippen MR) is 70.4 cm³/mol. The van der Waals surface area contributed by atoms with E-state index in [1.807, 2.05) is 18.2 Å². The fourth-order valence-corrected chi connectivity index (χ4v) is 2.54. The van der Waals surface area contributed by atoms with Crippen molar-refractivity contribution in [3.63, 3.8) is 0 Å². The first kappa shape index (κ1) is 11.7. The first-order valence-electron chi connectivity index (χ1n) is 6.31. The number of fused-ring (bicyclic) bond motifs is 1. The molecule has 0 aliphatic heterocycles. The maximum absolute atomic E-state index is 12.1. The zero-order chi connectivity index (χ0) is 13.2. The molecule has 0 saturated heterocycles. The second-order valence-electron chi connectivity index (χ2n) is 4.72. The molecule has 1 aliphatic carbocycles. The SMILES string of the molecule is O=C(NC1CCc2ccccc21)c1ccc[n+]([O-])c1. The van der Waals surface area contributed by atoms with Crippen molar-refractivity contribution in [3.8, 4) is 0 Å². The van der Waals surface area contributed by atoms with E-state index in [9.17, 15) is 10.0 Å². The minimum atomic E-state index is -0.202. The van der Waals surface area contributed by atoms with Crippen molar-refractivity contribution in [2.24, 2.45) is 0 Å². The third-order valence-electron chi connectivity index (χ3n) is 3.48. The lowest BCUT2D eigenvalue weighted by Gasteiger charge is -2.13. The second kappa shape index (κ2) is 4.72. The van der Waals surface area contributed by atoms with Gasteiger partial charge in [0, 0.05) is 6.07 Å². The summed E-state index contributed by atoms with van der Waals surface area (Å²) in [4.78, 5) is 12.1. The highest BCUT2D eigenvalue weighted by atomic mass is 16.5. The maximum atomic E-state index is 12.1. The first-order chi connectivity index (χ1) is 9.24. The van der Waals surface area contributed by atoms with E-state index in [1.54, 1.807) is 12.1 Å². The van der Waals surface area contributed by atoms with Gasteiger partial charge in [0.25, 0.3) is 5.91 Å². The van der Waals surface area contributed by atoms with Crippen LogP contribution in [0.25, 0.3) is 0 Å². The van der Waals surface area contributed by atoms with E-state index in [2.05, 4.69) is 11.4 Å². The van der Waals surface area contributed by atoms with Crippen molar-refractivity contribution >= 4 is 5.91 Å². The van der Waals surface area contributed by atoms with Gasteiger partial charge in [-0.3, -0.25) is 4.79 Å². The van der Waals surface area contributed by atoms with Crippen molar-refractivity contribution < 1.29 is 9.52 Å². The summed E-state index contributed by atoms with van der Waals surface area (Å²) in [5.41, 5.74) is 2.86. The standard InChI is InChI=1S/C15H14N2O2/c18-15(12-5-3-9-17(19)10-12)16-14-8-7-11-4-1-2-6-13(11)14/h1-6,9-10,14H,7-8H2,(H,16,18). The van der Waals surface area contributed by atoms with Crippen molar-refractivity contribution in [3.05, 3.63) is 70.7 Å². The number of aromatic nitrogens is 1. The van der Waals surface area contributed by atoms with E-state index in [0.717, 1.165) is 12.8 Å². The number of carbonyl (C=O) groups excluding carboxylic acids is 1. The van der Waals surface area contributed by atoms with Crippen LogP contribution in [0.4, 0.5) is 0 Å². The fraction of sp³-hybridized carbons (Fsp3) is 0.200. The van der Waals surface area contributed by atoms with Gasteiger partial charge < -0.3 is 10.5 Å². The summed E-state index contributed by atoms with van der Waals surface area (Å²) in [6.07, 6.45) is 4.55. The number of benzene rings is 1. The Morgan fingerprint density at radius 1 is 1.26 bits per heavy atom. The Kier molecular flexibility index (Phi) is 2.91. The number of rotatable bonds is 2. The van der Waals surface area contributed by atoms with Gasteiger partial charge in [0.05, 0.1) is 6.04 Å². The average molecular weight is 254 g/mol. The molecule has 1 aromatic heterocycles. The monoisotopic (exact) mass is 254 g/mol. The van der Waals surface area contributed by atoms with Crippen LogP contribution in [0.2, 0.25) is 0 Å². The summed E-state index contributed by atoms with van der Waals surface area (Å²) in [6, 6.07) is 11.4. The Morgan fingerprint density at radius 3 is 2.95 bits per heavy atom. The van der Waals surface area contributed by atoms with Crippen LogP contribution < -0.4 is 10.0 Å². The molecule has 0 radical (unpaired) electrons. The van der Waals surface area contributed by atoms with E-state index in [0.29, 0.717) is 10.3 Å². The normalized spacial score (nSPS) is 16.9. The predicted octanol–water partition coefficient (Wildman–Crippen LogP) is 1.74. The van der Waals surface area contributed by atoms with Gasteiger partial charge in [-0.25, -0.2) is 0 Å². The molecule has 1 atom stereocenters. The number of carbonyl (C=O) groups is 1. The summed E-state index contributed by atoms with van der Waals surface area (Å²) in [6.45, 7) is 0. The van der Waals surface area contributed by atoms with Crippen LogP contribution in [0, 0.1) is 5.21 Å². The van der Waals surface area contributed by atoms with Gasteiger partial charge >= 0.3 is 0 Å². The number of aryl methyl sites for hydroxylation is 1.